The van der Waals surface area contributed by atoms with Gasteiger partial charge >= 0.3 is 20.4 Å². The summed E-state index contributed by atoms with van der Waals surface area (Å²) in [5.74, 6) is 0. The fourth-order valence-electron chi connectivity index (χ4n) is 3.90. The van der Waals surface area contributed by atoms with Crippen LogP contribution in [0, 0.1) is 6.92 Å². The Bertz CT molecular complexity index is 857. The van der Waals surface area contributed by atoms with Crippen molar-refractivity contribution < 1.29 is 45.2 Å². The number of benzene rings is 4. The first kappa shape index (κ1) is 30.0. The van der Waals surface area contributed by atoms with E-state index in [4.69, 9.17) is 0 Å². The smallest absolute Gasteiger partial charge is 1.00 e. The van der Waals surface area contributed by atoms with Gasteiger partial charge in [0.2, 0.25) is 0 Å². The molecule has 0 aliphatic carbocycles. The Hall–Kier alpha value is -1.02. The first-order valence-corrected chi connectivity index (χ1v) is 13.3. The molecule has 0 N–H and O–H groups in total. The molecule has 0 aliphatic rings. The maximum atomic E-state index is 4.29. The molecule has 174 valence electrons. The molecular weight excluding hydrogens is 576 g/mol. The standard InChI is InChI=1S/C28H27P2.2ClH.Pd/c1-2-15-28(29(24-16-7-3-8-17-24)25-18-9-4-10-19-25)30(26-20-11-5-12-21-26)27-22-13-6-14-23-27;;;/h3-14,16-23,28H,1-2,15H2;2*1H;/q-1;;;+2/p-2. The van der Waals surface area contributed by atoms with Crippen LogP contribution in [0.5, 0.6) is 0 Å². The Morgan fingerprint density at radius 2 is 0.727 bits per heavy atom. The molecule has 4 aromatic rings. The van der Waals surface area contributed by atoms with E-state index in [9.17, 15) is 0 Å². The summed E-state index contributed by atoms with van der Waals surface area (Å²) in [5.41, 5.74) is 0. The summed E-state index contributed by atoms with van der Waals surface area (Å²) < 4.78 is 0. The van der Waals surface area contributed by atoms with Crippen LogP contribution in [-0.2, 0) is 20.4 Å². The fraction of sp³-hybridized carbons (Fsp3) is 0.107. The van der Waals surface area contributed by atoms with Crippen LogP contribution in [0.25, 0.3) is 0 Å². The number of halogens is 2. The molecule has 4 aromatic carbocycles. The molecule has 0 aromatic heterocycles. The van der Waals surface area contributed by atoms with Gasteiger partial charge in [0.25, 0.3) is 0 Å². The molecule has 0 aliphatic heterocycles. The molecule has 0 amide bonds. The van der Waals surface area contributed by atoms with E-state index >= 15 is 0 Å². The second-order valence-electron chi connectivity index (χ2n) is 7.21. The Morgan fingerprint density at radius 1 is 0.485 bits per heavy atom. The molecule has 0 radical (unpaired) electrons. The van der Waals surface area contributed by atoms with Gasteiger partial charge in [-0.1, -0.05) is 128 Å². The van der Waals surface area contributed by atoms with Crippen LogP contribution < -0.4 is 46.0 Å². The predicted molar refractivity (Wildman–Crippen MR) is 137 cm³/mol. The maximum absolute atomic E-state index is 4.29. The van der Waals surface area contributed by atoms with E-state index in [0.717, 1.165) is 12.8 Å². The second kappa shape index (κ2) is 15.8. The summed E-state index contributed by atoms with van der Waals surface area (Å²) in [6.45, 7) is 4.29. The number of hydrogen-bond acceptors (Lipinski definition) is 0. The summed E-state index contributed by atoms with van der Waals surface area (Å²) in [5, 5.41) is 6.35. The van der Waals surface area contributed by atoms with Crippen molar-refractivity contribution in [3.05, 3.63) is 128 Å². The summed E-state index contributed by atoms with van der Waals surface area (Å²) in [6, 6.07) is 44.5. The molecule has 5 heteroatoms. The summed E-state index contributed by atoms with van der Waals surface area (Å²) in [6.07, 6.45) is 2.06. The van der Waals surface area contributed by atoms with Crippen molar-refractivity contribution in [2.45, 2.75) is 18.2 Å². The zero-order valence-electron chi connectivity index (χ0n) is 18.2. The molecule has 0 spiro atoms. The van der Waals surface area contributed by atoms with Gasteiger partial charge in [-0.25, -0.2) is 0 Å². The van der Waals surface area contributed by atoms with Crippen molar-refractivity contribution in [3.63, 3.8) is 0 Å². The molecule has 33 heavy (non-hydrogen) atoms. The van der Waals surface area contributed by atoms with Crippen LogP contribution in [0.1, 0.15) is 12.8 Å². The van der Waals surface area contributed by atoms with Crippen molar-refractivity contribution in [1.29, 1.82) is 0 Å². The van der Waals surface area contributed by atoms with E-state index in [1.807, 2.05) is 0 Å². The topological polar surface area (TPSA) is 0 Å². The van der Waals surface area contributed by atoms with E-state index in [1.54, 1.807) is 0 Å². The minimum atomic E-state index is -0.518. The first-order chi connectivity index (χ1) is 14.9. The van der Waals surface area contributed by atoms with Gasteiger partial charge in [-0.15, -0.1) is 0 Å². The van der Waals surface area contributed by atoms with Crippen molar-refractivity contribution in [2.75, 3.05) is 0 Å². The minimum absolute atomic E-state index is 0. The van der Waals surface area contributed by atoms with Crippen LogP contribution >= 0.6 is 15.8 Å². The van der Waals surface area contributed by atoms with Crippen LogP contribution in [0.4, 0.5) is 0 Å². The molecule has 0 unspecified atom stereocenters. The van der Waals surface area contributed by atoms with E-state index in [-0.39, 0.29) is 45.2 Å². The Morgan fingerprint density at radius 3 is 0.939 bits per heavy atom. The fourth-order valence-corrected chi connectivity index (χ4v) is 11.2. The van der Waals surface area contributed by atoms with E-state index in [0.29, 0.717) is 5.40 Å². The molecular formula is C28H27Cl2P2Pd-. The third kappa shape index (κ3) is 7.74. The molecule has 0 fully saturated rings. The summed E-state index contributed by atoms with van der Waals surface area (Å²) in [7, 11) is -1.04. The second-order valence-corrected chi connectivity index (χ2v) is 12.4. The van der Waals surface area contributed by atoms with Crippen LogP contribution in [-0.4, -0.2) is 5.40 Å². The third-order valence-corrected chi connectivity index (χ3v) is 11.7. The average Bonchev–Trinajstić information content (AvgIpc) is 2.82. The van der Waals surface area contributed by atoms with Crippen molar-refractivity contribution in [2.24, 2.45) is 0 Å². The Labute approximate surface area is 227 Å². The molecule has 0 atom stereocenters. The van der Waals surface area contributed by atoms with Crippen LogP contribution in [0.3, 0.4) is 0 Å². The van der Waals surface area contributed by atoms with Crippen molar-refractivity contribution in [3.8, 4) is 0 Å². The van der Waals surface area contributed by atoms with Gasteiger partial charge in [0, 0.05) is 5.40 Å². The summed E-state index contributed by atoms with van der Waals surface area (Å²) in [4.78, 5) is 0. The van der Waals surface area contributed by atoms with Gasteiger partial charge in [-0.3, -0.25) is 0 Å². The summed E-state index contributed by atoms with van der Waals surface area (Å²) >= 11 is 0. The predicted octanol–water partition coefficient (Wildman–Crippen LogP) is 0.198. The molecule has 0 nitrogen and oxygen atoms in total. The largest absolute Gasteiger partial charge is 2.00 e. The van der Waals surface area contributed by atoms with Gasteiger partial charge in [-0.05, 0) is 37.1 Å². The Kier molecular flexibility index (Phi) is 14.4. The molecule has 4 rings (SSSR count). The average molecular weight is 603 g/mol. The molecule has 0 saturated heterocycles. The van der Waals surface area contributed by atoms with E-state index in [1.165, 1.54) is 21.2 Å². The van der Waals surface area contributed by atoms with E-state index < -0.39 is 15.8 Å². The van der Waals surface area contributed by atoms with Crippen LogP contribution in [0.2, 0.25) is 0 Å². The Balaban J connectivity index is 0.00000181. The zero-order valence-corrected chi connectivity index (χ0v) is 23.1. The zero-order chi connectivity index (χ0) is 20.6. The van der Waals surface area contributed by atoms with Crippen LogP contribution in [0.15, 0.2) is 121 Å². The van der Waals surface area contributed by atoms with Gasteiger partial charge in [0.05, 0.1) is 0 Å². The monoisotopic (exact) mass is 601 g/mol. The van der Waals surface area contributed by atoms with E-state index in [2.05, 4.69) is 128 Å². The first-order valence-electron chi connectivity index (χ1n) is 10.5. The van der Waals surface area contributed by atoms with Gasteiger partial charge in [0.15, 0.2) is 0 Å². The SMILES string of the molecule is [CH2-]CCC(P(c1ccccc1)c1ccccc1)P(c1ccccc1)c1ccccc1.[Cl-].[Cl-].[Pd+2]. The quantitative estimate of drug-likeness (QED) is 0.154. The van der Waals surface area contributed by atoms with Gasteiger partial charge < -0.3 is 31.7 Å². The number of rotatable bonds is 8. The van der Waals surface area contributed by atoms with Crippen molar-refractivity contribution in [1.82, 2.24) is 0 Å². The molecule has 0 heterocycles. The molecule has 0 bridgehead atoms. The molecule has 0 saturated carbocycles. The van der Waals surface area contributed by atoms with Gasteiger partial charge in [0.1, 0.15) is 0 Å². The maximum Gasteiger partial charge on any atom is 2.00 e. The van der Waals surface area contributed by atoms with Crippen molar-refractivity contribution >= 4 is 37.1 Å². The third-order valence-electron chi connectivity index (χ3n) is 5.20. The van der Waals surface area contributed by atoms with Gasteiger partial charge in [-0.2, -0.15) is 6.42 Å². The normalized spacial score (nSPS) is 10.3. The minimum Gasteiger partial charge on any atom is -1.00 e. The number of hydrogen-bond donors (Lipinski definition) is 0.